The summed E-state index contributed by atoms with van der Waals surface area (Å²) in [6.07, 6.45) is 0. The standard InChI is InChI=1S/C18H24N4O3S/c1-10-8-11(2)14(12(3)9-10)21-16(23)15-13(4)20-18(26-15)22-17(24)19-6-7-25-5/h8-9H,6-7H2,1-5H3,(H,21,23)(H2,19,20,22,24). The summed E-state index contributed by atoms with van der Waals surface area (Å²) in [5.41, 5.74) is 4.54. The van der Waals surface area contributed by atoms with Gasteiger partial charge >= 0.3 is 6.03 Å². The third-order valence-corrected chi connectivity index (χ3v) is 4.80. The van der Waals surface area contributed by atoms with E-state index in [1.807, 2.05) is 32.9 Å². The third-order valence-electron chi connectivity index (χ3n) is 3.73. The molecule has 0 aliphatic heterocycles. The highest BCUT2D eigenvalue weighted by molar-refractivity contribution is 7.17. The van der Waals surface area contributed by atoms with Crippen molar-refractivity contribution in [1.29, 1.82) is 0 Å². The lowest BCUT2D eigenvalue weighted by Crippen LogP contribution is -2.31. The topological polar surface area (TPSA) is 92.3 Å². The number of anilines is 2. The Morgan fingerprint density at radius 1 is 1.12 bits per heavy atom. The molecule has 1 heterocycles. The number of carbonyl (C=O) groups excluding carboxylic acids is 2. The molecule has 8 heteroatoms. The molecule has 0 aliphatic rings. The number of methoxy groups -OCH3 is 1. The van der Waals surface area contributed by atoms with Gasteiger partial charge in [-0.25, -0.2) is 9.78 Å². The van der Waals surface area contributed by atoms with Crippen molar-refractivity contribution in [3.05, 3.63) is 39.4 Å². The lowest BCUT2D eigenvalue weighted by atomic mass is 10.1. The number of benzene rings is 1. The highest BCUT2D eigenvalue weighted by Gasteiger charge is 2.18. The van der Waals surface area contributed by atoms with E-state index in [4.69, 9.17) is 4.74 Å². The van der Waals surface area contributed by atoms with Gasteiger partial charge in [-0.3, -0.25) is 10.1 Å². The fraction of sp³-hybridized carbons (Fsp3) is 0.389. The van der Waals surface area contributed by atoms with E-state index < -0.39 is 0 Å². The van der Waals surface area contributed by atoms with Crippen LogP contribution in [0.15, 0.2) is 12.1 Å². The molecule has 0 atom stereocenters. The molecule has 0 spiro atoms. The van der Waals surface area contributed by atoms with Gasteiger partial charge in [0, 0.05) is 19.3 Å². The highest BCUT2D eigenvalue weighted by atomic mass is 32.1. The predicted molar refractivity (Wildman–Crippen MR) is 104 cm³/mol. The van der Waals surface area contributed by atoms with Crippen LogP contribution in [0.25, 0.3) is 0 Å². The fourth-order valence-corrected chi connectivity index (χ4v) is 3.47. The largest absolute Gasteiger partial charge is 0.383 e. The summed E-state index contributed by atoms with van der Waals surface area (Å²) in [5.74, 6) is -0.233. The van der Waals surface area contributed by atoms with Crippen LogP contribution >= 0.6 is 11.3 Å². The van der Waals surface area contributed by atoms with Crippen LogP contribution in [0, 0.1) is 27.7 Å². The van der Waals surface area contributed by atoms with Crippen LogP contribution in [0.5, 0.6) is 0 Å². The molecular formula is C18H24N4O3S. The zero-order valence-electron chi connectivity index (χ0n) is 15.6. The molecule has 3 amide bonds. The molecule has 3 N–H and O–H groups in total. The molecule has 26 heavy (non-hydrogen) atoms. The summed E-state index contributed by atoms with van der Waals surface area (Å²) >= 11 is 1.14. The minimum Gasteiger partial charge on any atom is -0.383 e. The first-order valence-electron chi connectivity index (χ1n) is 8.22. The molecule has 2 rings (SSSR count). The number of nitrogens with one attached hydrogen (secondary N) is 3. The highest BCUT2D eigenvalue weighted by Crippen LogP contribution is 2.26. The number of ether oxygens (including phenoxy) is 1. The molecule has 1 aromatic heterocycles. The minimum absolute atomic E-state index is 0.233. The number of hydrogen-bond donors (Lipinski definition) is 3. The van der Waals surface area contributed by atoms with Gasteiger partial charge in [-0.1, -0.05) is 29.0 Å². The number of rotatable bonds is 6. The molecule has 0 fully saturated rings. The summed E-state index contributed by atoms with van der Waals surface area (Å²) in [4.78, 5) is 29.2. The second-order valence-corrected chi connectivity index (χ2v) is 7.03. The van der Waals surface area contributed by atoms with Crippen LogP contribution in [-0.4, -0.2) is 37.2 Å². The second kappa shape index (κ2) is 8.77. The molecular weight excluding hydrogens is 352 g/mol. The number of nitrogens with zero attached hydrogens (tertiary/aromatic N) is 1. The third kappa shape index (κ3) is 5.03. The van der Waals surface area contributed by atoms with E-state index in [-0.39, 0.29) is 11.9 Å². The molecule has 0 radical (unpaired) electrons. The number of hydrogen-bond acceptors (Lipinski definition) is 5. The molecule has 0 aliphatic carbocycles. The fourth-order valence-electron chi connectivity index (χ4n) is 2.62. The molecule has 7 nitrogen and oxygen atoms in total. The molecule has 0 bridgehead atoms. The Morgan fingerprint density at radius 2 is 1.77 bits per heavy atom. The first kappa shape index (κ1) is 19.9. The Bertz CT molecular complexity index is 794. The van der Waals surface area contributed by atoms with Gasteiger partial charge in [0.2, 0.25) is 0 Å². The lowest BCUT2D eigenvalue weighted by Gasteiger charge is -2.12. The van der Waals surface area contributed by atoms with E-state index >= 15 is 0 Å². The Kier molecular flexibility index (Phi) is 6.70. The van der Waals surface area contributed by atoms with Crippen LogP contribution < -0.4 is 16.0 Å². The van der Waals surface area contributed by atoms with Gasteiger partial charge in [0.25, 0.3) is 5.91 Å². The summed E-state index contributed by atoms with van der Waals surface area (Å²) in [6, 6.07) is 3.67. The summed E-state index contributed by atoms with van der Waals surface area (Å²) in [6.45, 7) is 8.51. The van der Waals surface area contributed by atoms with E-state index in [9.17, 15) is 9.59 Å². The maximum absolute atomic E-state index is 12.6. The normalized spacial score (nSPS) is 10.5. The van der Waals surface area contributed by atoms with Crippen molar-refractivity contribution in [2.24, 2.45) is 0 Å². The predicted octanol–water partition coefficient (Wildman–Crippen LogP) is 3.40. The molecule has 140 valence electrons. The van der Waals surface area contributed by atoms with E-state index in [0.717, 1.165) is 33.7 Å². The smallest absolute Gasteiger partial charge is 0.321 e. The van der Waals surface area contributed by atoms with E-state index in [0.29, 0.717) is 28.9 Å². The Balaban J connectivity index is 2.09. The molecule has 0 saturated heterocycles. The maximum atomic E-state index is 12.6. The Labute approximate surface area is 157 Å². The SMILES string of the molecule is COCCNC(=O)Nc1nc(C)c(C(=O)Nc2c(C)cc(C)cc2C)s1. The van der Waals surface area contributed by atoms with E-state index in [2.05, 4.69) is 20.9 Å². The van der Waals surface area contributed by atoms with Crippen molar-refractivity contribution < 1.29 is 14.3 Å². The van der Waals surface area contributed by atoms with Gasteiger partial charge in [-0.15, -0.1) is 0 Å². The second-order valence-electron chi connectivity index (χ2n) is 6.04. The van der Waals surface area contributed by atoms with Gasteiger partial charge in [0.15, 0.2) is 5.13 Å². The average Bonchev–Trinajstić information content (AvgIpc) is 2.91. The summed E-state index contributed by atoms with van der Waals surface area (Å²) in [7, 11) is 1.56. The van der Waals surface area contributed by atoms with Crippen LogP contribution in [0.2, 0.25) is 0 Å². The first-order chi connectivity index (χ1) is 12.3. The Morgan fingerprint density at radius 3 is 2.38 bits per heavy atom. The molecule has 2 aromatic rings. The summed E-state index contributed by atoms with van der Waals surface area (Å²) < 4.78 is 4.87. The molecule has 0 saturated carbocycles. The Hall–Kier alpha value is -2.45. The van der Waals surface area contributed by atoms with Crippen molar-refractivity contribution in [2.75, 3.05) is 30.9 Å². The van der Waals surface area contributed by atoms with Crippen LogP contribution in [-0.2, 0) is 4.74 Å². The van der Waals surface area contributed by atoms with E-state index in [1.54, 1.807) is 14.0 Å². The quantitative estimate of drug-likeness (QED) is 0.674. The first-order valence-corrected chi connectivity index (χ1v) is 9.04. The maximum Gasteiger partial charge on any atom is 0.321 e. The number of amides is 3. The zero-order valence-corrected chi connectivity index (χ0v) is 16.5. The number of thiazole rings is 1. The molecule has 0 unspecified atom stereocenters. The number of urea groups is 1. The van der Waals surface area contributed by atoms with Crippen LogP contribution in [0.3, 0.4) is 0 Å². The van der Waals surface area contributed by atoms with Crippen molar-refractivity contribution in [1.82, 2.24) is 10.3 Å². The van der Waals surface area contributed by atoms with Gasteiger partial charge in [-0.2, -0.15) is 0 Å². The number of aromatic nitrogens is 1. The van der Waals surface area contributed by atoms with Crippen molar-refractivity contribution in [3.8, 4) is 0 Å². The van der Waals surface area contributed by atoms with Crippen molar-refractivity contribution in [2.45, 2.75) is 27.7 Å². The molecule has 1 aromatic carbocycles. The lowest BCUT2D eigenvalue weighted by molar-refractivity contribution is 0.102. The van der Waals surface area contributed by atoms with E-state index in [1.165, 1.54) is 0 Å². The van der Waals surface area contributed by atoms with Crippen molar-refractivity contribution in [3.63, 3.8) is 0 Å². The average molecular weight is 376 g/mol. The van der Waals surface area contributed by atoms with Gasteiger partial charge in [0.1, 0.15) is 4.88 Å². The van der Waals surface area contributed by atoms with Gasteiger partial charge in [0.05, 0.1) is 12.3 Å². The van der Waals surface area contributed by atoms with Crippen LogP contribution in [0.1, 0.15) is 32.1 Å². The number of aryl methyl sites for hydroxylation is 4. The summed E-state index contributed by atoms with van der Waals surface area (Å²) in [5, 5.41) is 8.61. The van der Waals surface area contributed by atoms with Gasteiger partial charge < -0.3 is 15.4 Å². The minimum atomic E-state index is -0.381. The zero-order chi connectivity index (χ0) is 19.3. The van der Waals surface area contributed by atoms with Crippen LogP contribution in [0.4, 0.5) is 15.6 Å². The monoisotopic (exact) mass is 376 g/mol. The van der Waals surface area contributed by atoms with Gasteiger partial charge in [-0.05, 0) is 38.8 Å². The van der Waals surface area contributed by atoms with Crippen molar-refractivity contribution >= 4 is 34.1 Å². The number of carbonyl (C=O) groups is 2.